The van der Waals surface area contributed by atoms with E-state index in [0.29, 0.717) is 10.6 Å². The monoisotopic (exact) mass is 621 g/mol. The van der Waals surface area contributed by atoms with Gasteiger partial charge in [0, 0.05) is 22.6 Å². The van der Waals surface area contributed by atoms with Gasteiger partial charge in [-0.2, -0.15) is 0 Å². The van der Waals surface area contributed by atoms with Crippen molar-refractivity contribution in [3.8, 4) is 0 Å². The van der Waals surface area contributed by atoms with Crippen molar-refractivity contribution in [2.75, 3.05) is 10.8 Å². The van der Waals surface area contributed by atoms with Crippen LogP contribution in [0.2, 0.25) is 15.1 Å². The number of anilines is 1. The summed E-state index contributed by atoms with van der Waals surface area (Å²) < 4.78 is 28.6. The summed E-state index contributed by atoms with van der Waals surface area (Å²) in [6, 6.07) is 18.3. The van der Waals surface area contributed by atoms with Crippen molar-refractivity contribution < 1.29 is 18.0 Å². The van der Waals surface area contributed by atoms with E-state index in [9.17, 15) is 18.0 Å². The summed E-state index contributed by atoms with van der Waals surface area (Å²) in [5.74, 6) is -0.921. The van der Waals surface area contributed by atoms with Gasteiger partial charge in [0.2, 0.25) is 11.8 Å². The minimum atomic E-state index is -4.25. The van der Waals surface area contributed by atoms with Crippen LogP contribution in [0.3, 0.4) is 0 Å². The predicted octanol–water partition coefficient (Wildman–Crippen LogP) is 6.32. The normalized spacial score (nSPS) is 14.5. The fraction of sp³-hybridized carbons (Fsp3) is 0.310. The highest BCUT2D eigenvalue weighted by Gasteiger charge is 2.34. The van der Waals surface area contributed by atoms with Gasteiger partial charge in [-0.1, -0.05) is 84.0 Å². The van der Waals surface area contributed by atoms with Crippen molar-refractivity contribution in [2.45, 2.75) is 56.1 Å². The molecule has 3 aromatic rings. The van der Waals surface area contributed by atoms with Crippen LogP contribution in [0.25, 0.3) is 0 Å². The van der Waals surface area contributed by atoms with Gasteiger partial charge >= 0.3 is 0 Å². The van der Waals surface area contributed by atoms with Gasteiger partial charge < -0.3 is 10.2 Å². The fourth-order valence-electron chi connectivity index (χ4n) is 4.69. The van der Waals surface area contributed by atoms with E-state index in [0.717, 1.165) is 30.0 Å². The summed E-state index contributed by atoms with van der Waals surface area (Å²) in [5.41, 5.74) is 0.670. The average Bonchev–Trinajstić information content (AvgIpc) is 3.45. The Morgan fingerprint density at radius 2 is 1.57 bits per heavy atom. The summed E-state index contributed by atoms with van der Waals surface area (Å²) in [5, 5.41) is 3.81. The number of halogens is 3. The highest BCUT2D eigenvalue weighted by Crippen LogP contribution is 2.33. The van der Waals surface area contributed by atoms with E-state index in [-0.39, 0.29) is 39.1 Å². The predicted molar refractivity (Wildman–Crippen MR) is 159 cm³/mol. The lowest BCUT2D eigenvalue weighted by Crippen LogP contribution is -2.52. The quantitative estimate of drug-likeness (QED) is 0.287. The first-order valence-corrected chi connectivity index (χ1v) is 15.5. The van der Waals surface area contributed by atoms with Crippen LogP contribution in [0.5, 0.6) is 0 Å². The average molecular weight is 623 g/mol. The van der Waals surface area contributed by atoms with Gasteiger partial charge in [0.25, 0.3) is 10.0 Å². The lowest BCUT2D eigenvalue weighted by Gasteiger charge is -2.33. The van der Waals surface area contributed by atoms with E-state index in [2.05, 4.69) is 5.32 Å². The van der Waals surface area contributed by atoms with Gasteiger partial charge in [-0.05, 0) is 61.7 Å². The molecule has 0 heterocycles. The molecule has 0 radical (unpaired) electrons. The van der Waals surface area contributed by atoms with Gasteiger partial charge in [0.05, 0.1) is 15.6 Å². The van der Waals surface area contributed by atoms with Crippen molar-refractivity contribution >= 4 is 62.3 Å². The molecule has 40 heavy (non-hydrogen) atoms. The van der Waals surface area contributed by atoms with Crippen LogP contribution in [-0.2, 0) is 26.2 Å². The lowest BCUT2D eigenvalue weighted by molar-refractivity contribution is -0.139. The first-order valence-electron chi connectivity index (χ1n) is 12.9. The molecule has 0 aromatic heterocycles. The van der Waals surface area contributed by atoms with E-state index in [4.69, 9.17) is 34.8 Å². The molecule has 212 valence electrons. The van der Waals surface area contributed by atoms with Crippen LogP contribution in [0, 0.1) is 0 Å². The third kappa shape index (κ3) is 7.10. The number of carbonyl (C=O) groups is 2. The highest BCUT2D eigenvalue weighted by molar-refractivity contribution is 7.92. The first-order chi connectivity index (χ1) is 19.1. The van der Waals surface area contributed by atoms with Crippen molar-refractivity contribution in [3.63, 3.8) is 0 Å². The zero-order valence-corrected chi connectivity index (χ0v) is 25.0. The number of benzene rings is 3. The Kier molecular flexibility index (Phi) is 10.0. The molecule has 0 aliphatic heterocycles. The maximum absolute atomic E-state index is 14.0. The molecular weight excluding hydrogens is 593 g/mol. The topological polar surface area (TPSA) is 86.8 Å². The number of amides is 2. The van der Waals surface area contributed by atoms with E-state index in [1.165, 1.54) is 35.2 Å². The van der Waals surface area contributed by atoms with Crippen molar-refractivity contribution in [3.05, 3.63) is 93.4 Å². The number of hydrogen-bond donors (Lipinski definition) is 1. The summed E-state index contributed by atoms with van der Waals surface area (Å²) in [7, 11) is -4.25. The van der Waals surface area contributed by atoms with Crippen LogP contribution in [0.15, 0.2) is 77.7 Å². The molecule has 1 unspecified atom stereocenters. The largest absolute Gasteiger partial charge is 0.352 e. The van der Waals surface area contributed by atoms with Crippen LogP contribution in [-0.4, -0.2) is 43.8 Å². The van der Waals surface area contributed by atoms with Crippen LogP contribution >= 0.6 is 34.8 Å². The van der Waals surface area contributed by atoms with E-state index in [1.54, 1.807) is 49.4 Å². The summed E-state index contributed by atoms with van der Waals surface area (Å²) >= 11 is 19.1. The Labute approximate surface area is 250 Å². The Morgan fingerprint density at radius 3 is 2.25 bits per heavy atom. The van der Waals surface area contributed by atoms with Crippen LogP contribution in [0.4, 0.5) is 5.69 Å². The molecule has 1 atom stereocenters. The second-order valence-corrected chi connectivity index (χ2v) is 12.8. The number of nitrogens with zero attached hydrogens (tertiary/aromatic N) is 2. The second kappa shape index (κ2) is 13.3. The maximum atomic E-state index is 14.0. The Hall–Kier alpha value is -2.78. The lowest BCUT2D eigenvalue weighted by atomic mass is 10.1. The number of nitrogens with one attached hydrogen (secondary N) is 1. The number of sulfonamides is 1. The number of carbonyl (C=O) groups excluding carboxylic acids is 2. The molecule has 3 aromatic carbocycles. The molecular formula is C29H30Cl3N3O4S. The zero-order chi connectivity index (χ0) is 28.9. The Bertz CT molecular complexity index is 1460. The highest BCUT2D eigenvalue weighted by atomic mass is 35.5. The molecule has 1 N–H and O–H groups in total. The van der Waals surface area contributed by atoms with Gasteiger partial charge in [-0.25, -0.2) is 8.42 Å². The molecule has 2 amide bonds. The first kappa shape index (κ1) is 30.2. The fourth-order valence-corrected chi connectivity index (χ4v) is 6.77. The van der Waals surface area contributed by atoms with Gasteiger partial charge in [-0.3, -0.25) is 13.9 Å². The van der Waals surface area contributed by atoms with Gasteiger partial charge in [-0.15, -0.1) is 0 Å². The van der Waals surface area contributed by atoms with E-state index >= 15 is 0 Å². The zero-order valence-electron chi connectivity index (χ0n) is 21.9. The third-order valence-corrected chi connectivity index (χ3v) is 9.65. The molecule has 7 nitrogen and oxygen atoms in total. The van der Waals surface area contributed by atoms with Crippen LogP contribution in [0.1, 0.15) is 38.2 Å². The number of rotatable bonds is 10. The van der Waals surface area contributed by atoms with Gasteiger partial charge in [0.15, 0.2) is 0 Å². The smallest absolute Gasteiger partial charge is 0.264 e. The van der Waals surface area contributed by atoms with E-state index < -0.39 is 28.5 Å². The molecule has 1 fully saturated rings. The van der Waals surface area contributed by atoms with Gasteiger partial charge in [0.1, 0.15) is 12.6 Å². The maximum Gasteiger partial charge on any atom is 0.264 e. The number of hydrogen-bond acceptors (Lipinski definition) is 4. The van der Waals surface area contributed by atoms with E-state index in [1.807, 2.05) is 0 Å². The standard InChI is InChI=1S/C29H30Cl3N3O4S/c1-20(29(37)33-23-10-6-7-11-23)34(18-21-9-5-8-14-25(21)31)28(36)19-35(27-17-22(30)15-16-26(27)32)40(38,39)24-12-3-2-4-13-24/h2-5,8-9,12-17,20,23H,6-7,10-11,18-19H2,1H3,(H,33,37). The minimum Gasteiger partial charge on any atom is -0.352 e. The Morgan fingerprint density at radius 1 is 0.925 bits per heavy atom. The summed E-state index contributed by atoms with van der Waals surface area (Å²) in [4.78, 5) is 28.6. The van der Waals surface area contributed by atoms with Crippen LogP contribution < -0.4 is 9.62 Å². The molecule has 4 rings (SSSR count). The molecule has 1 aliphatic rings. The molecule has 0 saturated heterocycles. The minimum absolute atomic E-state index is 0.000261. The molecule has 11 heteroatoms. The SMILES string of the molecule is CC(C(=O)NC1CCCC1)N(Cc1ccccc1Cl)C(=O)CN(c1cc(Cl)ccc1Cl)S(=O)(=O)c1ccccc1. The van der Waals surface area contributed by atoms with Crippen molar-refractivity contribution in [1.82, 2.24) is 10.2 Å². The molecule has 0 spiro atoms. The van der Waals surface area contributed by atoms with Crippen molar-refractivity contribution in [2.24, 2.45) is 0 Å². The molecule has 1 saturated carbocycles. The Balaban J connectivity index is 1.72. The third-order valence-electron chi connectivity index (χ3n) is 6.95. The molecule has 0 bridgehead atoms. The summed E-state index contributed by atoms with van der Waals surface area (Å²) in [6.07, 6.45) is 3.84. The summed E-state index contributed by atoms with van der Waals surface area (Å²) in [6.45, 7) is 1.00. The van der Waals surface area contributed by atoms with Crippen molar-refractivity contribution in [1.29, 1.82) is 0 Å². The second-order valence-electron chi connectivity index (χ2n) is 9.70. The molecule has 1 aliphatic carbocycles.